The molecule has 0 amide bonds. The molecule has 1 aromatic rings. The van der Waals surface area contributed by atoms with Crippen LogP contribution in [0.3, 0.4) is 0 Å². The number of nitrogens with zero attached hydrogens (tertiary/aromatic N) is 1. The van der Waals surface area contributed by atoms with Gasteiger partial charge in [0.15, 0.2) is 0 Å². The first-order chi connectivity index (χ1) is 9.28. The van der Waals surface area contributed by atoms with E-state index in [0.717, 1.165) is 12.3 Å². The smallest absolute Gasteiger partial charge is 0.00188 e. The highest BCUT2D eigenvalue weighted by atomic mass is 15.1. The summed E-state index contributed by atoms with van der Waals surface area (Å²) in [5, 5.41) is 3.45. The molecule has 1 saturated heterocycles. The summed E-state index contributed by atoms with van der Waals surface area (Å²) in [7, 11) is 2.25. The molecule has 1 N–H and O–H groups in total. The number of rotatable bonds is 7. The summed E-state index contributed by atoms with van der Waals surface area (Å²) in [6, 6.07) is 9.10. The van der Waals surface area contributed by atoms with Crippen molar-refractivity contribution in [2.75, 3.05) is 33.2 Å². The van der Waals surface area contributed by atoms with Crippen LogP contribution in [0.25, 0.3) is 0 Å². The molecule has 2 rings (SSSR count). The van der Waals surface area contributed by atoms with E-state index in [1.807, 2.05) is 0 Å². The second-order valence-corrected chi connectivity index (χ2v) is 5.87. The molecule has 0 radical (unpaired) electrons. The lowest BCUT2D eigenvalue weighted by Crippen LogP contribution is -2.24. The van der Waals surface area contributed by atoms with Crippen LogP contribution in [0, 0.1) is 5.92 Å². The van der Waals surface area contributed by atoms with Gasteiger partial charge in [-0.1, -0.05) is 31.2 Å². The largest absolute Gasteiger partial charge is 0.316 e. The molecule has 0 aromatic heterocycles. The van der Waals surface area contributed by atoms with Crippen molar-refractivity contribution in [2.45, 2.75) is 32.6 Å². The fourth-order valence-corrected chi connectivity index (χ4v) is 2.74. The van der Waals surface area contributed by atoms with Crippen molar-refractivity contribution >= 4 is 0 Å². The van der Waals surface area contributed by atoms with Crippen molar-refractivity contribution in [3.05, 3.63) is 35.4 Å². The minimum absolute atomic E-state index is 0.909. The van der Waals surface area contributed by atoms with Crippen molar-refractivity contribution < 1.29 is 0 Å². The average Bonchev–Trinajstić information content (AvgIpc) is 2.96. The van der Waals surface area contributed by atoms with Crippen LogP contribution in [0.1, 0.15) is 30.9 Å². The predicted molar refractivity (Wildman–Crippen MR) is 82.6 cm³/mol. The van der Waals surface area contributed by atoms with Crippen LogP contribution in [0.2, 0.25) is 0 Å². The van der Waals surface area contributed by atoms with Gasteiger partial charge in [-0.2, -0.15) is 0 Å². The zero-order chi connectivity index (χ0) is 13.5. The fraction of sp³-hybridized carbons (Fsp3) is 0.647. The highest BCUT2D eigenvalue weighted by molar-refractivity contribution is 5.22. The minimum Gasteiger partial charge on any atom is -0.316 e. The second-order valence-electron chi connectivity index (χ2n) is 5.87. The fourth-order valence-electron chi connectivity index (χ4n) is 2.74. The Morgan fingerprint density at radius 3 is 2.53 bits per heavy atom. The van der Waals surface area contributed by atoms with Crippen LogP contribution in [0.5, 0.6) is 0 Å². The Balaban J connectivity index is 1.65. The second kappa shape index (κ2) is 7.66. The Labute approximate surface area is 118 Å². The summed E-state index contributed by atoms with van der Waals surface area (Å²) in [6.45, 7) is 7.07. The van der Waals surface area contributed by atoms with Gasteiger partial charge in [-0.15, -0.1) is 0 Å². The molecular formula is C17H28N2. The van der Waals surface area contributed by atoms with Gasteiger partial charge in [0, 0.05) is 6.54 Å². The third-order valence-corrected chi connectivity index (χ3v) is 4.29. The summed E-state index contributed by atoms with van der Waals surface area (Å²) in [6.07, 6.45) is 5.02. The number of nitrogens with one attached hydrogen (secondary N) is 1. The first-order valence-electron chi connectivity index (χ1n) is 7.75. The molecule has 1 aliphatic rings. The first-order valence-corrected chi connectivity index (χ1v) is 7.75. The third kappa shape index (κ3) is 4.96. The zero-order valence-corrected chi connectivity index (χ0v) is 12.5. The van der Waals surface area contributed by atoms with Gasteiger partial charge in [-0.05, 0) is 69.4 Å². The topological polar surface area (TPSA) is 15.3 Å². The van der Waals surface area contributed by atoms with Gasteiger partial charge in [0.25, 0.3) is 0 Å². The maximum Gasteiger partial charge on any atom is 0.00188 e. The van der Waals surface area contributed by atoms with E-state index in [4.69, 9.17) is 0 Å². The summed E-state index contributed by atoms with van der Waals surface area (Å²) < 4.78 is 0. The molecule has 2 nitrogen and oxygen atoms in total. The molecule has 19 heavy (non-hydrogen) atoms. The molecule has 2 heteroatoms. The molecule has 0 saturated carbocycles. The van der Waals surface area contributed by atoms with E-state index in [-0.39, 0.29) is 0 Å². The third-order valence-electron chi connectivity index (χ3n) is 4.29. The summed E-state index contributed by atoms with van der Waals surface area (Å²) in [5.41, 5.74) is 2.90. The molecule has 1 aromatic carbocycles. The van der Waals surface area contributed by atoms with Crippen molar-refractivity contribution in [2.24, 2.45) is 5.92 Å². The predicted octanol–water partition coefficient (Wildman–Crippen LogP) is 2.72. The van der Waals surface area contributed by atoms with Gasteiger partial charge in [0.2, 0.25) is 0 Å². The van der Waals surface area contributed by atoms with Gasteiger partial charge < -0.3 is 10.2 Å². The van der Waals surface area contributed by atoms with Crippen molar-refractivity contribution in [1.82, 2.24) is 10.2 Å². The van der Waals surface area contributed by atoms with E-state index in [9.17, 15) is 0 Å². The zero-order valence-electron chi connectivity index (χ0n) is 12.5. The SMILES string of the molecule is CCc1ccc(CCN(C)CCC2CCNC2)cc1. The standard InChI is InChI=1S/C17H28N2/c1-3-15-4-6-16(7-5-15)9-12-19(2)13-10-17-8-11-18-14-17/h4-7,17-18H,3,8-14H2,1-2H3. The van der Waals surface area contributed by atoms with Crippen molar-refractivity contribution in [3.8, 4) is 0 Å². The number of aryl methyl sites for hydroxylation is 1. The lowest BCUT2D eigenvalue weighted by atomic mass is 10.0. The van der Waals surface area contributed by atoms with Crippen LogP contribution >= 0.6 is 0 Å². The van der Waals surface area contributed by atoms with Crippen molar-refractivity contribution in [1.29, 1.82) is 0 Å². The lowest BCUT2D eigenvalue weighted by Gasteiger charge is -2.18. The molecule has 1 fully saturated rings. The minimum atomic E-state index is 0.909. The molecular weight excluding hydrogens is 232 g/mol. The number of benzene rings is 1. The monoisotopic (exact) mass is 260 g/mol. The first kappa shape index (κ1) is 14.5. The maximum absolute atomic E-state index is 3.45. The quantitative estimate of drug-likeness (QED) is 0.811. The normalized spacial score (nSPS) is 19.2. The lowest BCUT2D eigenvalue weighted by molar-refractivity contribution is 0.308. The molecule has 1 unspecified atom stereocenters. The highest BCUT2D eigenvalue weighted by Crippen LogP contribution is 2.12. The molecule has 0 bridgehead atoms. The van der Waals surface area contributed by atoms with Crippen molar-refractivity contribution in [3.63, 3.8) is 0 Å². The van der Waals surface area contributed by atoms with Gasteiger partial charge in [0.05, 0.1) is 0 Å². The van der Waals surface area contributed by atoms with Crippen LogP contribution in [-0.2, 0) is 12.8 Å². The Morgan fingerprint density at radius 2 is 1.89 bits per heavy atom. The average molecular weight is 260 g/mol. The van der Waals surface area contributed by atoms with Gasteiger partial charge >= 0.3 is 0 Å². The van der Waals surface area contributed by atoms with E-state index in [1.54, 1.807) is 0 Å². The van der Waals surface area contributed by atoms with Gasteiger partial charge in [-0.25, -0.2) is 0 Å². The Kier molecular flexibility index (Phi) is 5.87. The van der Waals surface area contributed by atoms with Crippen LogP contribution < -0.4 is 5.32 Å². The van der Waals surface area contributed by atoms with Crippen LogP contribution in [0.15, 0.2) is 24.3 Å². The van der Waals surface area contributed by atoms with E-state index >= 15 is 0 Å². The van der Waals surface area contributed by atoms with E-state index in [2.05, 4.69) is 48.5 Å². The molecule has 0 spiro atoms. The van der Waals surface area contributed by atoms with E-state index in [0.29, 0.717) is 0 Å². The highest BCUT2D eigenvalue weighted by Gasteiger charge is 2.14. The Bertz CT molecular complexity index is 352. The number of hydrogen-bond donors (Lipinski definition) is 1. The van der Waals surface area contributed by atoms with Crippen LogP contribution in [0.4, 0.5) is 0 Å². The molecule has 0 aliphatic carbocycles. The Hall–Kier alpha value is -0.860. The van der Waals surface area contributed by atoms with Gasteiger partial charge in [-0.3, -0.25) is 0 Å². The molecule has 1 heterocycles. The summed E-state index contributed by atoms with van der Waals surface area (Å²) in [5.74, 6) is 0.909. The maximum atomic E-state index is 3.45. The molecule has 1 aliphatic heterocycles. The summed E-state index contributed by atoms with van der Waals surface area (Å²) >= 11 is 0. The Morgan fingerprint density at radius 1 is 1.16 bits per heavy atom. The number of likely N-dealkylation sites (N-methyl/N-ethyl adjacent to an activating group) is 1. The van der Waals surface area contributed by atoms with E-state index < -0.39 is 0 Å². The van der Waals surface area contributed by atoms with Gasteiger partial charge in [0.1, 0.15) is 0 Å². The van der Waals surface area contributed by atoms with E-state index in [1.165, 1.54) is 56.6 Å². The van der Waals surface area contributed by atoms with Crippen LogP contribution in [-0.4, -0.2) is 38.1 Å². The molecule has 106 valence electrons. The summed E-state index contributed by atoms with van der Waals surface area (Å²) in [4.78, 5) is 2.48. The molecule has 1 atom stereocenters. The number of hydrogen-bond acceptors (Lipinski definition) is 2.